The van der Waals surface area contributed by atoms with Crippen molar-refractivity contribution in [2.75, 3.05) is 7.11 Å². The second-order valence-electron chi connectivity index (χ2n) is 8.11. The molecule has 0 aromatic carbocycles. The van der Waals surface area contributed by atoms with Gasteiger partial charge in [-0.25, -0.2) is 4.79 Å². The largest absolute Gasteiger partial charge is 0.469 e. The fourth-order valence-electron chi connectivity index (χ4n) is 4.06. The van der Waals surface area contributed by atoms with Crippen LogP contribution >= 0.6 is 0 Å². The Morgan fingerprint density at radius 3 is 2.52 bits per heavy atom. The topological polar surface area (TPSA) is 64.6 Å². The summed E-state index contributed by atoms with van der Waals surface area (Å²) in [5.41, 5.74) is 0.856. The van der Waals surface area contributed by atoms with E-state index in [0.717, 1.165) is 12.8 Å². The normalized spacial score (nSPS) is 34.5. The summed E-state index contributed by atoms with van der Waals surface area (Å²) in [5.74, 6) is 0.728. The molecule has 23 heavy (non-hydrogen) atoms. The first-order chi connectivity index (χ1) is 10.8. The lowest BCUT2D eigenvalue weighted by molar-refractivity contribution is -0.147. The van der Waals surface area contributed by atoms with Crippen molar-refractivity contribution < 1.29 is 19.1 Å². The molecule has 5 heteroatoms. The zero-order chi connectivity index (χ0) is 16.8. The Morgan fingerprint density at radius 1 is 1.26 bits per heavy atom. The van der Waals surface area contributed by atoms with Gasteiger partial charge in [0.25, 0.3) is 0 Å². The lowest BCUT2D eigenvalue weighted by Gasteiger charge is -2.32. The maximum atomic E-state index is 12.3. The third-order valence-corrected chi connectivity index (χ3v) is 5.09. The Bertz CT molecular complexity index is 530. The minimum atomic E-state index is -0.542. The number of nitrogens with one attached hydrogen (secondary N) is 1. The molecule has 0 spiro atoms. The molecule has 0 aromatic rings. The molecule has 4 atom stereocenters. The van der Waals surface area contributed by atoms with Crippen LogP contribution in [0, 0.1) is 23.7 Å². The van der Waals surface area contributed by atoms with Gasteiger partial charge in [-0.1, -0.05) is 11.6 Å². The molecule has 2 bridgehead atoms. The van der Waals surface area contributed by atoms with Crippen LogP contribution in [0.3, 0.4) is 0 Å². The molecule has 0 unspecified atom stereocenters. The number of carbonyl (C=O) groups excluding carboxylic acids is 2. The lowest BCUT2D eigenvalue weighted by atomic mass is 9.80. The molecule has 0 aliphatic heterocycles. The lowest BCUT2D eigenvalue weighted by Crippen LogP contribution is -2.49. The monoisotopic (exact) mass is 321 g/mol. The van der Waals surface area contributed by atoms with E-state index >= 15 is 0 Å². The molecular formula is C18H27NO4. The fraction of sp³-hybridized carbons (Fsp3) is 0.778. The number of rotatable bonds is 3. The molecule has 0 saturated heterocycles. The minimum Gasteiger partial charge on any atom is -0.469 e. The van der Waals surface area contributed by atoms with E-state index in [0.29, 0.717) is 11.8 Å². The molecule has 3 saturated carbocycles. The van der Waals surface area contributed by atoms with Gasteiger partial charge in [-0.2, -0.15) is 0 Å². The van der Waals surface area contributed by atoms with Crippen molar-refractivity contribution in [2.45, 2.75) is 58.1 Å². The van der Waals surface area contributed by atoms with Crippen LogP contribution in [0.5, 0.6) is 0 Å². The third-order valence-electron chi connectivity index (χ3n) is 5.09. The summed E-state index contributed by atoms with van der Waals surface area (Å²) < 4.78 is 10.4. The summed E-state index contributed by atoms with van der Waals surface area (Å²) in [6.45, 7) is 5.50. The van der Waals surface area contributed by atoms with Crippen LogP contribution in [0.4, 0.5) is 4.79 Å². The van der Waals surface area contributed by atoms with Crippen molar-refractivity contribution in [3.63, 3.8) is 0 Å². The first-order valence-electron chi connectivity index (χ1n) is 8.56. The van der Waals surface area contributed by atoms with Gasteiger partial charge in [-0.05, 0) is 64.2 Å². The predicted octanol–water partition coefficient (Wildman–Crippen LogP) is 3.05. The maximum absolute atomic E-state index is 12.3. The molecule has 1 N–H and O–H groups in total. The summed E-state index contributed by atoms with van der Waals surface area (Å²) in [4.78, 5) is 24.4. The summed E-state index contributed by atoms with van der Waals surface area (Å²) in [6.07, 6.45) is 6.39. The summed E-state index contributed by atoms with van der Waals surface area (Å²) >= 11 is 0. The van der Waals surface area contributed by atoms with Crippen molar-refractivity contribution >= 4 is 12.1 Å². The van der Waals surface area contributed by atoms with Crippen LogP contribution in [0.2, 0.25) is 0 Å². The molecule has 3 rings (SSSR count). The number of hydrogen-bond donors (Lipinski definition) is 1. The van der Waals surface area contributed by atoms with Gasteiger partial charge in [0.05, 0.1) is 13.0 Å². The molecule has 0 heterocycles. The van der Waals surface area contributed by atoms with Gasteiger partial charge in [0.15, 0.2) is 0 Å². The van der Waals surface area contributed by atoms with E-state index in [1.807, 2.05) is 20.8 Å². The summed E-state index contributed by atoms with van der Waals surface area (Å²) in [7, 11) is 1.42. The molecule has 3 aliphatic rings. The Labute approximate surface area is 137 Å². The molecule has 5 nitrogen and oxygen atoms in total. The number of allylic oxidation sites excluding steroid dienone is 2. The van der Waals surface area contributed by atoms with Crippen molar-refractivity contribution in [3.8, 4) is 0 Å². The fourth-order valence-corrected chi connectivity index (χ4v) is 4.06. The van der Waals surface area contributed by atoms with E-state index in [2.05, 4.69) is 11.4 Å². The van der Waals surface area contributed by atoms with Crippen molar-refractivity contribution in [1.82, 2.24) is 5.32 Å². The van der Waals surface area contributed by atoms with Gasteiger partial charge in [-0.15, -0.1) is 0 Å². The highest BCUT2D eigenvalue weighted by atomic mass is 16.6. The van der Waals surface area contributed by atoms with Crippen LogP contribution in [0.15, 0.2) is 11.6 Å². The van der Waals surface area contributed by atoms with E-state index in [4.69, 9.17) is 9.47 Å². The molecule has 0 radical (unpaired) electrons. The van der Waals surface area contributed by atoms with Gasteiger partial charge in [0.1, 0.15) is 5.60 Å². The Hall–Kier alpha value is -1.52. The number of fused-ring (bicyclic) bond motifs is 2. The summed E-state index contributed by atoms with van der Waals surface area (Å²) in [5, 5.41) is 2.93. The van der Waals surface area contributed by atoms with E-state index in [1.165, 1.54) is 25.5 Å². The molecule has 0 aromatic heterocycles. The number of esters is 1. The maximum Gasteiger partial charge on any atom is 0.407 e. The van der Waals surface area contributed by atoms with Crippen LogP contribution in [-0.2, 0) is 14.3 Å². The van der Waals surface area contributed by atoms with Crippen LogP contribution in [0.1, 0.15) is 46.5 Å². The average Bonchev–Trinajstić information content (AvgIpc) is 3.06. The van der Waals surface area contributed by atoms with E-state index < -0.39 is 11.7 Å². The van der Waals surface area contributed by atoms with Crippen LogP contribution in [0.25, 0.3) is 0 Å². The molecule has 3 aliphatic carbocycles. The van der Waals surface area contributed by atoms with Crippen molar-refractivity contribution in [3.05, 3.63) is 11.6 Å². The standard InChI is InChI=1S/C18H27NO4/c1-18(2,3)23-17(21)19-15-12-8-11(7-10-5-6-10)13(9-12)14(15)16(20)22-4/h7,10,12-15H,5-6,8-9H2,1-4H3,(H,19,21)/t12-,13-,14-,15+/m0/s1. The zero-order valence-corrected chi connectivity index (χ0v) is 14.4. The zero-order valence-electron chi connectivity index (χ0n) is 14.4. The van der Waals surface area contributed by atoms with Gasteiger partial charge in [0, 0.05) is 6.04 Å². The van der Waals surface area contributed by atoms with E-state index in [9.17, 15) is 9.59 Å². The first-order valence-corrected chi connectivity index (χ1v) is 8.56. The van der Waals surface area contributed by atoms with Crippen molar-refractivity contribution in [1.29, 1.82) is 0 Å². The number of methoxy groups -OCH3 is 1. The van der Waals surface area contributed by atoms with Gasteiger partial charge in [-0.3, -0.25) is 4.79 Å². The highest BCUT2D eigenvalue weighted by molar-refractivity contribution is 5.77. The number of amides is 1. The molecular weight excluding hydrogens is 294 g/mol. The van der Waals surface area contributed by atoms with Crippen LogP contribution < -0.4 is 5.32 Å². The highest BCUT2D eigenvalue weighted by Gasteiger charge is 2.54. The van der Waals surface area contributed by atoms with Gasteiger partial charge < -0.3 is 14.8 Å². The number of ether oxygens (including phenoxy) is 2. The smallest absolute Gasteiger partial charge is 0.407 e. The number of carbonyl (C=O) groups is 2. The van der Waals surface area contributed by atoms with E-state index in [-0.39, 0.29) is 23.8 Å². The van der Waals surface area contributed by atoms with E-state index in [1.54, 1.807) is 0 Å². The number of alkyl carbamates (subject to hydrolysis) is 1. The second kappa shape index (κ2) is 5.84. The molecule has 1 amide bonds. The summed E-state index contributed by atoms with van der Waals surface area (Å²) in [6, 6.07) is -0.182. The molecule has 3 fully saturated rings. The van der Waals surface area contributed by atoms with Crippen molar-refractivity contribution in [2.24, 2.45) is 23.7 Å². The Kier molecular flexibility index (Phi) is 4.15. The predicted molar refractivity (Wildman–Crippen MR) is 85.7 cm³/mol. The minimum absolute atomic E-state index is 0.182. The Morgan fingerprint density at radius 2 is 1.96 bits per heavy atom. The second-order valence-corrected chi connectivity index (χ2v) is 8.11. The molecule has 128 valence electrons. The SMILES string of the molecule is COC(=O)[C@@H]1[C@H](NC(=O)OC(C)(C)C)[C@H]2CC(=CC3CC3)[C@@H]1C2. The van der Waals surface area contributed by atoms with Crippen LogP contribution in [-0.4, -0.2) is 30.8 Å². The van der Waals surface area contributed by atoms with Gasteiger partial charge in [0.2, 0.25) is 0 Å². The third kappa shape index (κ3) is 3.54. The average molecular weight is 321 g/mol. The highest BCUT2D eigenvalue weighted by Crippen LogP contribution is 2.53. The van der Waals surface area contributed by atoms with Gasteiger partial charge >= 0.3 is 12.1 Å². The first kappa shape index (κ1) is 16.3. The Balaban J connectivity index is 1.73. The number of hydrogen-bond acceptors (Lipinski definition) is 4. The quantitative estimate of drug-likeness (QED) is 0.641.